The lowest BCUT2D eigenvalue weighted by Gasteiger charge is -2.14. The maximum atomic E-state index is 12.1. The summed E-state index contributed by atoms with van der Waals surface area (Å²) >= 11 is 1.12. The Hall–Kier alpha value is -1.83. The van der Waals surface area contributed by atoms with E-state index in [1.807, 2.05) is 29.6 Å². The highest BCUT2D eigenvalue weighted by Crippen LogP contribution is 2.28. The van der Waals surface area contributed by atoms with Crippen LogP contribution in [0.4, 0.5) is 13.2 Å². The Kier molecular flexibility index (Phi) is 4.90. The van der Waals surface area contributed by atoms with Gasteiger partial charge in [0.2, 0.25) is 5.91 Å². The Labute approximate surface area is 129 Å². The van der Waals surface area contributed by atoms with Crippen molar-refractivity contribution in [1.82, 2.24) is 15.3 Å². The molecule has 4 nitrogen and oxygen atoms in total. The number of carbonyl (C=O) groups excluding carboxylic acids is 1. The lowest BCUT2D eigenvalue weighted by molar-refractivity contribution is -0.137. The van der Waals surface area contributed by atoms with E-state index in [-0.39, 0.29) is 0 Å². The number of fused-ring (bicyclic) bond motifs is 1. The number of rotatable bonds is 4. The number of nitrogens with zero attached hydrogens (tertiary/aromatic N) is 2. The molecule has 1 unspecified atom stereocenters. The number of para-hydroxylation sites is 1. The highest BCUT2D eigenvalue weighted by atomic mass is 32.2. The summed E-state index contributed by atoms with van der Waals surface area (Å²) in [6.07, 6.45) is -4.42. The van der Waals surface area contributed by atoms with Gasteiger partial charge in [-0.3, -0.25) is 4.79 Å². The molecule has 1 aromatic heterocycles. The third-order valence-electron chi connectivity index (χ3n) is 2.80. The predicted molar refractivity (Wildman–Crippen MR) is 78.7 cm³/mol. The molecule has 0 spiro atoms. The highest BCUT2D eigenvalue weighted by molar-refractivity contribution is 8.00. The van der Waals surface area contributed by atoms with Crippen molar-refractivity contribution in [3.8, 4) is 0 Å². The molecule has 2 rings (SSSR count). The molecule has 2 aromatic rings. The molecule has 118 valence electrons. The maximum absolute atomic E-state index is 12.1. The molecule has 8 heteroatoms. The van der Waals surface area contributed by atoms with Gasteiger partial charge in [0, 0.05) is 5.39 Å². The minimum Gasteiger partial charge on any atom is -0.346 e. The Balaban J connectivity index is 2.15. The summed E-state index contributed by atoms with van der Waals surface area (Å²) < 4.78 is 36.4. The first kappa shape index (κ1) is 16.5. The third kappa shape index (κ3) is 4.33. The highest BCUT2D eigenvalue weighted by Gasteiger charge is 2.29. The number of carbonyl (C=O) groups is 1. The zero-order valence-corrected chi connectivity index (χ0v) is 12.8. The molecule has 0 bridgehead atoms. The van der Waals surface area contributed by atoms with Gasteiger partial charge in [-0.1, -0.05) is 30.0 Å². The van der Waals surface area contributed by atoms with Crippen LogP contribution in [0, 0.1) is 6.92 Å². The van der Waals surface area contributed by atoms with Gasteiger partial charge in [-0.2, -0.15) is 13.2 Å². The molecular weight excluding hydrogens is 315 g/mol. The molecule has 22 heavy (non-hydrogen) atoms. The number of nitrogens with one attached hydrogen (secondary N) is 1. The van der Waals surface area contributed by atoms with E-state index in [1.165, 1.54) is 0 Å². The number of thioether (sulfide) groups is 1. The Morgan fingerprint density at radius 2 is 2.00 bits per heavy atom. The van der Waals surface area contributed by atoms with E-state index in [4.69, 9.17) is 0 Å². The standard InChI is InChI=1S/C14H14F3N3OS/c1-8(12(21)18-7-14(15,16)17)22-13-10-5-3-4-6-11(10)19-9(2)20-13/h3-6,8H,7H2,1-2H3,(H,18,21). The number of hydrogen-bond donors (Lipinski definition) is 1. The van der Waals surface area contributed by atoms with Crippen molar-refractivity contribution in [1.29, 1.82) is 0 Å². The summed E-state index contributed by atoms with van der Waals surface area (Å²) in [5.74, 6) is -0.133. The van der Waals surface area contributed by atoms with Gasteiger partial charge in [0.25, 0.3) is 0 Å². The van der Waals surface area contributed by atoms with E-state index in [0.29, 0.717) is 10.9 Å². The Morgan fingerprint density at radius 3 is 2.68 bits per heavy atom. The number of halogens is 3. The van der Waals surface area contributed by atoms with Crippen molar-refractivity contribution < 1.29 is 18.0 Å². The number of aryl methyl sites for hydroxylation is 1. The second-order valence-corrected chi connectivity index (χ2v) is 6.02. The zero-order chi connectivity index (χ0) is 16.3. The van der Waals surface area contributed by atoms with Crippen LogP contribution in [-0.2, 0) is 4.79 Å². The molecule has 0 aliphatic carbocycles. The molecule has 1 heterocycles. The van der Waals surface area contributed by atoms with Crippen LogP contribution in [-0.4, -0.2) is 33.8 Å². The molecule has 0 aliphatic heterocycles. The minimum absolute atomic E-state index is 0.545. The lowest BCUT2D eigenvalue weighted by atomic mass is 10.2. The van der Waals surface area contributed by atoms with Crippen molar-refractivity contribution in [3.63, 3.8) is 0 Å². The molecule has 0 radical (unpaired) electrons. The van der Waals surface area contributed by atoms with E-state index in [1.54, 1.807) is 13.8 Å². The topological polar surface area (TPSA) is 54.9 Å². The Morgan fingerprint density at radius 1 is 1.32 bits per heavy atom. The number of amides is 1. The van der Waals surface area contributed by atoms with E-state index >= 15 is 0 Å². The fraction of sp³-hybridized carbons (Fsp3) is 0.357. The molecule has 0 saturated heterocycles. The number of benzene rings is 1. The largest absolute Gasteiger partial charge is 0.405 e. The first-order chi connectivity index (χ1) is 10.3. The lowest BCUT2D eigenvalue weighted by Crippen LogP contribution is -2.38. The first-order valence-corrected chi connectivity index (χ1v) is 7.39. The fourth-order valence-electron chi connectivity index (χ4n) is 1.80. The van der Waals surface area contributed by atoms with Crippen molar-refractivity contribution in [2.24, 2.45) is 0 Å². The van der Waals surface area contributed by atoms with Crippen molar-refractivity contribution >= 4 is 28.6 Å². The third-order valence-corrected chi connectivity index (χ3v) is 3.90. The first-order valence-electron chi connectivity index (χ1n) is 6.51. The Bertz CT molecular complexity index is 691. The summed E-state index contributed by atoms with van der Waals surface area (Å²) in [7, 11) is 0. The molecule has 1 N–H and O–H groups in total. The van der Waals surface area contributed by atoms with Crippen LogP contribution >= 0.6 is 11.8 Å². The van der Waals surface area contributed by atoms with Crippen LogP contribution in [0.2, 0.25) is 0 Å². The molecule has 1 amide bonds. The molecule has 0 saturated carbocycles. The second-order valence-electron chi connectivity index (χ2n) is 4.69. The summed E-state index contributed by atoms with van der Waals surface area (Å²) in [6, 6.07) is 7.29. The average molecular weight is 329 g/mol. The monoisotopic (exact) mass is 329 g/mol. The van der Waals surface area contributed by atoms with E-state index < -0.39 is 23.9 Å². The van der Waals surface area contributed by atoms with Gasteiger partial charge in [-0.25, -0.2) is 9.97 Å². The quantitative estimate of drug-likeness (QED) is 0.692. The zero-order valence-electron chi connectivity index (χ0n) is 11.9. The van der Waals surface area contributed by atoms with Crippen LogP contribution < -0.4 is 5.32 Å². The maximum Gasteiger partial charge on any atom is 0.405 e. The number of hydrogen-bond acceptors (Lipinski definition) is 4. The molecule has 0 aliphatic rings. The van der Waals surface area contributed by atoms with E-state index in [0.717, 1.165) is 22.7 Å². The SMILES string of the molecule is Cc1nc(SC(C)C(=O)NCC(F)(F)F)c2ccccc2n1. The van der Waals surface area contributed by atoms with Gasteiger partial charge in [0.1, 0.15) is 17.4 Å². The van der Waals surface area contributed by atoms with Crippen molar-refractivity contribution in [2.45, 2.75) is 30.3 Å². The van der Waals surface area contributed by atoms with Crippen LogP contribution in [0.15, 0.2) is 29.3 Å². The van der Waals surface area contributed by atoms with Gasteiger partial charge in [0.05, 0.1) is 10.8 Å². The van der Waals surface area contributed by atoms with Crippen molar-refractivity contribution in [3.05, 3.63) is 30.1 Å². The summed E-state index contributed by atoms with van der Waals surface area (Å²) in [6.45, 7) is 1.94. The van der Waals surface area contributed by atoms with Gasteiger partial charge < -0.3 is 5.32 Å². The summed E-state index contributed by atoms with van der Waals surface area (Å²) in [5, 5.41) is 2.54. The van der Waals surface area contributed by atoms with Gasteiger partial charge in [0.15, 0.2) is 0 Å². The van der Waals surface area contributed by atoms with E-state index in [2.05, 4.69) is 9.97 Å². The van der Waals surface area contributed by atoms with Crippen LogP contribution in [0.3, 0.4) is 0 Å². The molecule has 1 atom stereocenters. The minimum atomic E-state index is -4.42. The van der Waals surface area contributed by atoms with E-state index in [9.17, 15) is 18.0 Å². The predicted octanol–water partition coefficient (Wildman–Crippen LogP) is 3.10. The van der Waals surface area contributed by atoms with Crippen LogP contribution in [0.1, 0.15) is 12.7 Å². The molecule has 0 fully saturated rings. The van der Waals surface area contributed by atoms with Crippen LogP contribution in [0.25, 0.3) is 10.9 Å². The average Bonchev–Trinajstić information content (AvgIpc) is 2.43. The normalized spacial score (nSPS) is 13.1. The molecular formula is C14H14F3N3OS. The fourth-order valence-corrected chi connectivity index (χ4v) is 2.81. The van der Waals surface area contributed by atoms with Gasteiger partial charge in [-0.05, 0) is 19.9 Å². The second kappa shape index (κ2) is 6.51. The number of alkyl halides is 3. The summed E-state index contributed by atoms with van der Waals surface area (Å²) in [4.78, 5) is 20.3. The van der Waals surface area contributed by atoms with Gasteiger partial charge >= 0.3 is 6.18 Å². The van der Waals surface area contributed by atoms with Crippen LogP contribution in [0.5, 0.6) is 0 Å². The number of aromatic nitrogens is 2. The molecule has 1 aromatic carbocycles. The smallest absolute Gasteiger partial charge is 0.346 e. The van der Waals surface area contributed by atoms with Crippen molar-refractivity contribution in [2.75, 3.05) is 6.54 Å². The van der Waals surface area contributed by atoms with Gasteiger partial charge in [-0.15, -0.1) is 0 Å². The summed E-state index contributed by atoms with van der Waals surface area (Å²) in [5.41, 5.74) is 0.736.